The number of alkyl halides is 1. The number of aliphatic hydroxyl groups excluding tert-OH is 1. The lowest BCUT2D eigenvalue weighted by atomic mass is 10.0. The first kappa shape index (κ1) is 16.6. The van der Waals surface area contributed by atoms with Crippen LogP contribution in [-0.4, -0.2) is 37.7 Å². The van der Waals surface area contributed by atoms with Gasteiger partial charge in [-0.2, -0.15) is 0 Å². The molecule has 2 atom stereocenters. The van der Waals surface area contributed by atoms with Crippen molar-refractivity contribution in [2.75, 3.05) is 12.9 Å². The number of hydrogen-bond donors (Lipinski definition) is 2. The summed E-state index contributed by atoms with van der Waals surface area (Å²) in [6.45, 7) is -0.820. The Morgan fingerprint density at radius 3 is 2.55 bits per heavy atom. The van der Waals surface area contributed by atoms with E-state index in [4.69, 9.17) is 10.3 Å². The average Bonchev–Trinajstić information content (AvgIpc) is 2.92. The predicted octanol–water partition coefficient (Wildman–Crippen LogP) is 1.22. The van der Waals surface area contributed by atoms with Crippen molar-refractivity contribution in [3.8, 4) is 11.3 Å². The molecular weight excluding hydrogens is 311 g/mol. The van der Waals surface area contributed by atoms with Crippen LogP contribution in [0.15, 0.2) is 34.9 Å². The van der Waals surface area contributed by atoms with Gasteiger partial charge in [-0.25, -0.2) is 12.8 Å². The molecule has 1 heterocycles. The highest BCUT2D eigenvalue weighted by Crippen LogP contribution is 2.24. The first-order valence-corrected chi connectivity index (χ1v) is 8.59. The second-order valence-corrected chi connectivity index (χ2v) is 7.28. The SMILES string of the molecule is CS(=O)(=O)Cc1cc(-c2ccc(C(O)C(N)CF)cc2)on1. The molecule has 0 aliphatic rings. The van der Waals surface area contributed by atoms with E-state index in [-0.39, 0.29) is 5.75 Å². The maximum absolute atomic E-state index is 12.4. The van der Waals surface area contributed by atoms with Gasteiger partial charge in [0.1, 0.15) is 6.67 Å². The van der Waals surface area contributed by atoms with Crippen molar-refractivity contribution < 1.29 is 22.4 Å². The van der Waals surface area contributed by atoms with Crippen molar-refractivity contribution in [3.63, 3.8) is 0 Å². The molecule has 0 amide bonds. The molecule has 3 N–H and O–H groups in total. The molecule has 1 aromatic carbocycles. The quantitative estimate of drug-likeness (QED) is 0.825. The van der Waals surface area contributed by atoms with Crippen molar-refractivity contribution in [2.24, 2.45) is 5.73 Å². The summed E-state index contributed by atoms with van der Waals surface area (Å²) in [7, 11) is -3.18. The van der Waals surface area contributed by atoms with Crippen molar-refractivity contribution >= 4 is 9.84 Å². The normalized spacial score (nSPS) is 14.7. The van der Waals surface area contributed by atoms with E-state index in [1.165, 1.54) is 0 Å². The highest BCUT2D eigenvalue weighted by molar-refractivity contribution is 7.89. The monoisotopic (exact) mass is 328 g/mol. The molecule has 0 fully saturated rings. The Morgan fingerprint density at radius 2 is 2.00 bits per heavy atom. The van der Waals surface area contributed by atoms with Gasteiger partial charge in [0.2, 0.25) is 0 Å². The lowest BCUT2D eigenvalue weighted by Gasteiger charge is -2.16. The summed E-state index contributed by atoms with van der Waals surface area (Å²) in [6.07, 6.45) is 0.0284. The Hall–Kier alpha value is -1.77. The summed E-state index contributed by atoms with van der Waals surface area (Å²) in [4.78, 5) is 0. The number of aliphatic hydroxyl groups is 1. The topological polar surface area (TPSA) is 106 Å². The molecule has 0 radical (unpaired) electrons. The molecule has 1 aromatic heterocycles. The number of aromatic nitrogens is 1. The van der Waals surface area contributed by atoms with Gasteiger partial charge in [0, 0.05) is 17.9 Å². The fourth-order valence-electron chi connectivity index (χ4n) is 1.96. The third-order valence-electron chi connectivity index (χ3n) is 3.09. The molecule has 2 unspecified atom stereocenters. The van der Waals surface area contributed by atoms with Crippen LogP contribution in [-0.2, 0) is 15.6 Å². The van der Waals surface area contributed by atoms with E-state index in [0.717, 1.165) is 6.26 Å². The summed E-state index contributed by atoms with van der Waals surface area (Å²) in [5.74, 6) is 0.216. The fourth-order valence-corrected chi connectivity index (χ4v) is 2.63. The van der Waals surface area contributed by atoms with E-state index in [0.29, 0.717) is 22.6 Å². The molecular formula is C14H17FN2O4S. The minimum atomic E-state index is -3.18. The zero-order valence-electron chi connectivity index (χ0n) is 11.9. The van der Waals surface area contributed by atoms with Crippen LogP contribution in [0.2, 0.25) is 0 Å². The molecule has 2 aromatic rings. The maximum atomic E-state index is 12.4. The zero-order chi connectivity index (χ0) is 16.3. The Kier molecular flexibility index (Phi) is 4.94. The van der Waals surface area contributed by atoms with E-state index >= 15 is 0 Å². The largest absolute Gasteiger partial charge is 0.387 e. The van der Waals surface area contributed by atoms with Crippen LogP contribution >= 0.6 is 0 Å². The van der Waals surface area contributed by atoms with Gasteiger partial charge in [-0.05, 0) is 5.56 Å². The standard InChI is InChI=1S/C14H17FN2O4S/c1-22(19,20)8-11-6-13(21-17-11)9-2-4-10(5-3-9)14(18)12(16)7-15/h2-6,12,14,18H,7-8,16H2,1H3. The van der Waals surface area contributed by atoms with Gasteiger partial charge in [-0.1, -0.05) is 29.4 Å². The number of nitrogens with zero attached hydrogens (tertiary/aromatic N) is 1. The van der Waals surface area contributed by atoms with Crippen LogP contribution in [0.3, 0.4) is 0 Å². The van der Waals surface area contributed by atoms with Crippen molar-refractivity contribution in [3.05, 3.63) is 41.6 Å². The van der Waals surface area contributed by atoms with Gasteiger partial charge in [-0.15, -0.1) is 0 Å². The Bertz CT molecular complexity index is 728. The van der Waals surface area contributed by atoms with Crippen LogP contribution in [0.5, 0.6) is 0 Å². The van der Waals surface area contributed by atoms with Crippen LogP contribution < -0.4 is 5.73 Å². The summed E-state index contributed by atoms with van der Waals surface area (Å²) in [5, 5.41) is 13.5. The third kappa shape index (κ3) is 4.12. The molecule has 22 heavy (non-hydrogen) atoms. The molecule has 6 nitrogen and oxygen atoms in total. The summed E-state index contributed by atoms with van der Waals surface area (Å²) < 4.78 is 40.0. The number of sulfone groups is 1. The van der Waals surface area contributed by atoms with E-state index in [1.807, 2.05) is 0 Å². The summed E-state index contributed by atoms with van der Waals surface area (Å²) in [5.41, 5.74) is 6.92. The summed E-state index contributed by atoms with van der Waals surface area (Å²) >= 11 is 0. The molecule has 8 heteroatoms. The second-order valence-electron chi connectivity index (χ2n) is 5.14. The molecule has 0 spiro atoms. The zero-order valence-corrected chi connectivity index (χ0v) is 12.8. The molecule has 0 saturated carbocycles. The molecule has 0 saturated heterocycles. The first-order chi connectivity index (χ1) is 10.3. The highest BCUT2D eigenvalue weighted by Gasteiger charge is 2.17. The van der Waals surface area contributed by atoms with E-state index in [9.17, 15) is 17.9 Å². The van der Waals surface area contributed by atoms with Crippen LogP contribution in [0.1, 0.15) is 17.4 Å². The minimum absolute atomic E-state index is 0.196. The lowest BCUT2D eigenvalue weighted by molar-refractivity contribution is 0.132. The maximum Gasteiger partial charge on any atom is 0.167 e. The number of benzene rings is 1. The number of nitrogens with two attached hydrogens (primary N) is 1. The van der Waals surface area contributed by atoms with Gasteiger partial charge < -0.3 is 15.4 Å². The molecule has 2 rings (SSSR count). The lowest BCUT2D eigenvalue weighted by Crippen LogP contribution is -2.30. The minimum Gasteiger partial charge on any atom is -0.387 e. The van der Waals surface area contributed by atoms with Gasteiger partial charge in [0.15, 0.2) is 15.6 Å². The van der Waals surface area contributed by atoms with Gasteiger partial charge in [0.25, 0.3) is 0 Å². The van der Waals surface area contributed by atoms with E-state index < -0.39 is 28.7 Å². The predicted molar refractivity (Wildman–Crippen MR) is 79.4 cm³/mol. The van der Waals surface area contributed by atoms with E-state index in [2.05, 4.69) is 5.16 Å². The summed E-state index contributed by atoms with van der Waals surface area (Å²) in [6, 6.07) is 7.10. The molecule has 0 bridgehead atoms. The molecule has 120 valence electrons. The van der Waals surface area contributed by atoms with Crippen molar-refractivity contribution in [1.82, 2.24) is 5.16 Å². The third-order valence-corrected chi connectivity index (χ3v) is 3.91. The highest BCUT2D eigenvalue weighted by atomic mass is 32.2. The first-order valence-electron chi connectivity index (χ1n) is 6.53. The molecule has 0 aliphatic heterocycles. The van der Waals surface area contributed by atoms with Gasteiger partial charge in [-0.3, -0.25) is 0 Å². The number of rotatable bonds is 6. The van der Waals surface area contributed by atoms with Gasteiger partial charge in [0.05, 0.1) is 23.6 Å². The fraction of sp³-hybridized carbons (Fsp3) is 0.357. The Morgan fingerprint density at radius 1 is 1.36 bits per heavy atom. The second kappa shape index (κ2) is 6.55. The van der Waals surface area contributed by atoms with Crippen LogP contribution in [0.4, 0.5) is 4.39 Å². The Balaban J connectivity index is 2.17. The van der Waals surface area contributed by atoms with Crippen molar-refractivity contribution in [1.29, 1.82) is 0 Å². The Labute approximate surface area is 127 Å². The smallest absolute Gasteiger partial charge is 0.167 e. The molecule has 0 aliphatic carbocycles. The number of halogens is 1. The van der Waals surface area contributed by atoms with Crippen molar-refractivity contribution in [2.45, 2.75) is 17.9 Å². The van der Waals surface area contributed by atoms with E-state index in [1.54, 1.807) is 30.3 Å². The van der Waals surface area contributed by atoms with Crippen LogP contribution in [0, 0.1) is 0 Å². The van der Waals surface area contributed by atoms with Crippen LogP contribution in [0.25, 0.3) is 11.3 Å². The van der Waals surface area contributed by atoms with Gasteiger partial charge >= 0.3 is 0 Å². The number of hydrogen-bond acceptors (Lipinski definition) is 6. The average molecular weight is 328 g/mol.